The molecule has 5 aliphatic heterocycles. The third-order valence-corrected chi connectivity index (χ3v) is 27.0. The molecule has 8 heterocycles. The number of hydrogen-bond donors (Lipinski definition) is 13. The molecule has 37 nitrogen and oxygen atoms in total. The molecule has 658 valence electrons. The second-order valence-electron chi connectivity index (χ2n) is 32.1. The van der Waals surface area contributed by atoms with Crippen LogP contribution in [0.2, 0.25) is 0 Å². The number of H-pyrrole nitrogens is 2. The first-order chi connectivity index (χ1) is 58.4. The number of ketones is 2. The van der Waals surface area contributed by atoms with Gasteiger partial charge in [-0.15, -0.1) is 0 Å². The number of nitrogens with two attached hydrogens (primary N) is 1. The van der Waals surface area contributed by atoms with Crippen molar-refractivity contribution < 1.29 is 103 Å². The number of rotatable bonds is 40. The van der Waals surface area contributed by atoms with Crippen molar-refractivity contribution in [3.05, 3.63) is 129 Å². The molecule has 2 saturated heterocycles. The van der Waals surface area contributed by atoms with E-state index in [1.54, 1.807) is 31.4 Å². The van der Waals surface area contributed by atoms with E-state index in [4.69, 9.17) is 34.6 Å². The van der Waals surface area contributed by atoms with Crippen LogP contribution in [0, 0.1) is 17.3 Å². The van der Waals surface area contributed by atoms with Crippen LogP contribution in [0.1, 0.15) is 122 Å². The second-order valence-corrected chi connectivity index (χ2v) is 34.8. The molecule has 1 spiro atoms. The number of nitrogens with one attached hydrogen (secondary N) is 6. The molecule has 39 heteroatoms. The largest absolute Gasteiger partial charge is 0.496 e. The molecular formula is C83H107N15O22S2. The molecule has 122 heavy (non-hydrogen) atoms. The van der Waals surface area contributed by atoms with E-state index < -0.39 is 118 Å². The highest BCUT2D eigenvalue weighted by molar-refractivity contribution is 8.76. The van der Waals surface area contributed by atoms with Crippen molar-refractivity contribution in [3.8, 4) is 5.75 Å². The molecule has 6 aromatic rings. The summed E-state index contributed by atoms with van der Waals surface area (Å²) in [5.41, 5.74) is 10.3. The molecule has 3 aromatic carbocycles. The lowest BCUT2D eigenvalue weighted by Gasteiger charge is -2.63. The summed E-state index contributed by atoms with van der Waals surface area (Å²) in [5, 5.41) is 74.7. The number of carboxylic acid groups (broad SMARTS) is 3. The Morgan fingerprint density at radius 1 is 0.820 bits per heavy atom. The van der Waals surface area contributed by atoms with Gasteiger partial charge in [-0.25, -0.2) is 30.0 Å². The quantitative estimate of drug-likeness (QED) is 0.00657. The van der Waals surface area contributed by atoms with Crippen molar-refractivity contribution in [3.63, 3.8) is 0 Å². The fourth-order valence-corrected chi connectivity index (χ4v) is 21.0. The molecule has 3 fully saturated rings. The zero-order valence-corrected chi connectivity index (χ0v) is 70.4. The number of hydrogen-bond acceptors (Lipinski definition) is 30. The van der Waals surface area contributed by atoms with Gasteiger partial charge < -0.3 is 66.4 Å². The van der Waals surface area contributed by atoms with E-state index in [0.717, 1.165) is 51.9 Å². The van der Waals surface area contributed by atoms with E-state index >= 15 is 4.79 Å². The van der Waals surface area contributed by atoms with Crippen LogP contribution in [-0.4, -0.2) is 295 Å². The van der Waals surface area contributed by atoms with Crippen molar-refractivity contribution in [1.29, 1.82) is 0 Å². The van der Waals surface area contributed by atoms with Gasteiger partial charge in [-0.05, 0) is 105 Å². The molecule has 1 saturated carbocycles. The summed E-state index contributed by atoms with van der Waals surface area (Å²) in [6.07, 6.45) is 6.40. The maximum absolute atomic E-state index is 15.3. The summed E-state index contributed by atoms with van der Waals surface area (Å²) >= 11 is 0. The molecule has 14 N–H and O–H groups in total. The number of aromatic amines is 2. The fourth-order valence-electron chi connectivity index (χ4n) is 19.3. The molecule has 3 aromatic heterocycles. The topological polar surface area (TPSA) is 524 Å². The predicted octanol–water partition coefficient (Wildman–Crippen LogP) is 2.71. The molecule has 12 rings (SSSR count). The summed E-state index contributed by atoms with van der Waals surface area (Å²) in [7, 11) is 7.58. The van der Waals surface area contributed by atoms with Crippen molar-refractivity contribution in [1.82, 2.24) is 66.0 Å². The number of nitrogens with zero attached hydrogens (tertiary/aromatic N) is 8. The average molecular weight is 1730 g/mol. The highest BCUT2D eigenvalue weighted by Gasteiger charge is 2.79. The normalized spacial score (nSPS) is 23.9. The Balaban J connectivity index is 0.00000477. The number of ether oxygens (including phenoxy) is 2. The van der Waals surface area contributed by atoms with E-state index in [-0.39, 0.29) is 131 Å². The van der Waals surface area contributed by atoms with Crippen LogP contribution in [-0.2, 0) is 87.8 Å². The lowest BCUT2D eigenvalue weighted by molar-refractivity contribution is -0.281. The number of nitrogen functional groups attached to an aromatic ring is 1. The molecule has 0 radical (unpaired) electrons. The monoisotopic (exact) mass is 1730 g/mol. The Morgan fingerprint density at radius 3 is 2.25 bits per heavy atom. The first-order valence-electron chi connectivity index (χ1n) is 40.7. The van der Waals surface area contributed by atoms with Crippen molar-refractivity contribution in [2.75, 3.05) is 142 Å². The molecular weight excluding hydrogens is 1620 g/mol. The number of benzene rings is 3. The number of aryl methyl sites for hydroxylation is 2. The summed E-state index contributed by atoms with van der Waals surface area (Å²) in [6, 6.07) is 17.5. The van der Waals surface area contributed by atoms with E-state index in [9.17, 15) is 73.8 Å². The Hall–Kier alpha value is -10.3. The number of aliphatic hydroxyl groups excluding tert-OH is 1. The van der Waals surface area contributed by atoms with Gasteiger partial charge in [0.05, 0.1) is 81.9 Å². The number of methoxy groups -OCH3 is 1. The van der Waals surface area contributed by atoms with Crippen LogP contribution < -0.4 is 42.4 Å². The van der Waals surface area contributed by atoms with Crippen LogP contribution in [0.15, 0.2) is 83.8 Å². The molecule has 2 bridgehead atoms. The van der Waals surface area contributed by atoms with E-state index in [1.807, 2.05) is 56.1 Å². The van der Waals surface area contributed by atoms with E-state index in [1.165, 1.54) is 44.7 Å². The fraction of sp³-hybridized carbons (Fsp3) is 0.542. The number of Topliss-reactive ketones (excluding diaryl/α,β-unsaturated/α-hetero) is 2. The number of amides is 4. The van der Waals surface area contributed by atoms with E-state index in [0.29, 0.717) is 93.9 Å². The predicted molar refractivity (Wildman–Crippen MR) is 446 cm³/mol. The number of aromatic nitrogens is 5. The summed E-state index contributed by atoms with van der Waals surface area (Å²) in [6.45, 7) is 5.22. The lowest BCUT2D eigenvalue weighted by Crippen LogP contribution is -2.82. The number of carboxylic acids is 3. The number of hydrazine groups is 1. The molecule has 11 atom stereocenters. The number of para-hydroxylation sites is 1. The standard InChI is InChI=1S/C82H107N15O20S2.CO2/c1-6-78(112)39-50-40-80(48-117-115-5,68-56(23-29-96(42-50)47-78)55-13-8-9-14-59(55)88-68)58-37-57-60(38-62(58)114-4)93(3)73-81(57)25-30-97-28-11-24-79(7-2,72(81)97)74(109)82(73,113)75(110)91-92-77(111)116-33-35-119-118-34-27-85-64(101)44-95(46-66(104)105)32-31-94(45-65(102)103)43-54(98)12-10-26-84-63(100)22-20-52(71(107)108)36-61(99)51-18-15-49(16-19-51)17-21-53-41-86-69-67(87-53)70(106)90-76(83)89-69;2-1-3/h8-9,11,13-16,18-19,24,37-38,41,50,52,72-74,88,109,112-113H,6-7,10,12,17,20-23,25-36,39-40,42-48H2,1-5H3,(H,84,100)(H,85,101)(H,91,110)(H,92,111)(H,102,103)(H,104,105)(H,107,108)(H3,83,86,89,90,106);/t50-,52+,72+,73-,74-,78+,79-,80+,81-,82-;/m1./s1. The Labute approximate surface area is 710 Å². The van der Waals surface area contributed by atoms with Crippen LogP contribution in [0.5, 0.6) is 5.75 Å². The number of carbonyl (C=O) groups is 9. The van der Waals surface area contributed by atoms with Crippen molar-refractivity contribution in [2.45, 2.75) is 138 Å². The number of anilines is 2. The zero-order valence-electron chi connectivity index (χ0n) is 68.8. The first-order valence-corrected chi connectivity index (χ1v) is 43.2. The third-order valence-electron chi connectivity index (χ3n) is 24.6. The molecule has 1 aliphatic carbocycles. The Morgan fingerprint density at radius 2 is 1.54 bits per heavy atom. The van der Waals surface area contributed by atoms with Gasteiger partial charge in [-0.1, -0.05) is 90.1 Å². The Bertz CT molecular complexity index is 4960. The van der Waals surface area contributed by atoms with Gasteiger partial charge in [0.15, 0.2) is 22.5 Å². The van der Waals surface area contributed by atoms with Gasteiger partial charge >= 0.3 is 30.2 Å². The summed E-state index contributed by atoms with van der Waals surface area (Å²) < 4.78 is 12.0. The number of likely N-dealkylation sites (N-methyl/N-ethyl adjacent to an activating group) is 1. The minimum Gasteiger partial charge on any atom is -0.496 e. The number of piperidine rings is 1. The van der Waals surface area contributed by atoms with Gasteiger partial charge in [0.1, 0.15) is 24.2 Å². The van der Waals surface area contributed by atoms with Crippen LogP contribution >= 0.6 is 21.6 Å². The SMILES string of the molecule is CC[C@]1(O)C[C@H]2CN(CCc3c([nH]c4ccccc34)[C@@](COOC)(c3cc4c(cc3OC)N(C)[C@H]3[C@](O)(C(=O)NNC(=O)OCCSSCCNC(=O)CN(CCN(CC(=O)O)CC(=O)CCCNC(=O)CC[C@@H](CC(=O)c5ccc(CCc6cnc7nc(N)[nH]c(=O)c7n6)cc5)C(=O)O)CC(=O)O)[C@H](O)[C@]5(CC)C=CCN6CC[C@]43[C@@H]65)C2)C1.O=C=O. The highest BCUT2D eigenvalue weighted by atomic mass is 33.1. The van der Waals surface area contributed by atoms with Gasteiger partial charge in [0.25, 0.3) is 11.5 Å². The van der Waals surface area contributed by atoms with Gasteiger partial charge in [-0.3, -0.25) is 73.2 Å². The lowest BCUT2D eigenvalue weighted by atomic mass is 9.47. The minimum absolute atomic E-state index is 0.0179. The molecule has 4 amide bonds. The number of fused-ring (bicyclic) bond motifs is 7. The van der Waals surface area contributed by atoms with Crippen molar-refractivity contribution in [2.24, 2.45) is 17.3 Å². The summed E-state index contributed by atoms with van der Waals surface area (Å²) in [5.74, 6) is -6.73. The average Bonchev–Trinajstić information content (AvgIpc) is 1.47. The number of aliphatic carboxylic acids is 3. The van der Waals surface area contributed by atoms with Gasteiger partial charge in [0, 0.05) is 147 Å². The second kappa shape index (κ2) is 40.8. The summed E-state index contributed by atoms with van der Waals surface area (Å²) in [4.78, 5) is 185. The van der Waals surface area contributed by atoms with Crippen LogP contribution in [0.3, 0.4) is 0 Å². The maximum Gasteiger partial charge on any atom is 0.426 e. The molecule has 6 aliphatic rings. The molecule has 1 unspecified atom stereocenters. The number of carbonyl (C=O) groups excluding carboxylic acids is 8. The zero-order chi connectivity index (χ0) is 87.8. The van der Waals surface area contributed by atoms with Gasteiger partial charge in [0.2, 0.25) is 17.8 Å². The minimum atomic E-state index is -2.58. The van der Waals surface area contributed by atoms with E-state index in [2.05, 4.69) is 74.4 Å². The van der Waals surface area contributed by atoms with Gasteiger partial charge in [-0.2, -0.15) is 14.6 Å². The van der Waals surface area contributed by atoms with Crippen molar-refractivity contribution >= 4 is 115 Å². The van der Waals surface area contributed by atoms with Crippen LogP contribution in [0.25, 0.3) is 22.1 Å². The maximum atomic E-state index is 15.3. The Kier molecular flexibility index (Phi) is 30.9. The highest BCUT2D eigenvalue weighted by Crippen LogP contribution is 2.68. The van der Waals surface area contributed by atoms with Crippen LogP contribution in [0.4, 0.5) is 16.4 Å². The third kappa shape index (κ3) is 20.5. The first kappa shape index (κ1) is 92.4. The number of aliphatic hydroxyl groups is 3. The smallest absolute Gasteiger partial charge is 0.426 e.